The molecule has 1 aromatic carbocycles. The molecule has 1 saturated heterocycles. The van der Waals surface area contributed by atoms with Crippen molar-refractivity contribution in [3.05, 3.63) is 29.8 Å². The highest BCUT2D eigenvalue weighted by Gasteiger charge is 2.18. The molecule has 1 fully saturated rings. The van der Waals surface area contributed by atoms with Crippen molar-refractivity contribution < 1.29 is 4.74 Å². The summed E-state index contributed by atoms with van der Waals surface area (Å²) in [5.74, 6) is 1.60. The number of benzene rings is 1. The first kappa shape index (κ1) is 12.4. The van der Waals surface area contributed by atoms with Gasteiger partial charge in [0, 0.05) is 6.54 Å². The first-order chi connectivity index (χ1) is 8.15. The van der Waals surface area contributed by atoms with E-state index < -0.39 is 0 Å². The third-order valence-corrected chi connectivity index (χ3v) is 3.43. The van der Waals surface area contributed by atoms with E-state index in [2.05, 4.69) is 50.1 Å². The lowest BCUT2D eigenvalue weighted by molar-refractivity contribution is 0.104. The summed E-state index contributed by atoms with van der Waals surface area (Å²) >= 11 is 0. The van der Waals surface area contributed by atoms with Crippen LogP contribution in [0.2, 0.25) is 0 Å². The normalized spacial score (nSPS) is 21.8. The first-order valence-corrected chi connectivity index (χ1v) is 6.60. The molecule has 0 amide bonds. The maximum absolute atomic E-state index is 6.02. The molecule has 94 valence electrons. The lowest BCUT2D eigenvalue weighted by Crippen LogP contribution is -2.38. The van der Waals surface area contributed by atoms with E-state index in [1.54, 1.807) is 0 Å². The summed E-state index contributed by atoms with van der Waals surface area (Å²) in [4.78, 5) is 2.34. The molecule has 0 N–H and O–H groups in total. The zero-order valence-electron chi connectivity index (χ0n) is 11.1. The quantitative estimate of drug-likeness (QED) is 0.794. The van der Waals surface area contributed by atoms with E-state index in [-0.39, 0.29) is 0 Å². The third kappa shape index (κ3) is 3.47. The number of rotatable bonds is 3. The minimum Gasteiger partial charge on any atom is -0.489 e. The number of likely N-dealkylation sites (N-methyl/N-ethyl adjacent to an activating group) is 1. The molecule has 2 rings (SSSR count). The fourth-order valence-corrected chi connectivity index (χ4v) is 2.34. The van der Waals surface area contributed by atoms with Gasteiger partial charge in [0.15, 0.2) is 0 Å². The summed E-state index contributed by atoms with van der Waals surface area (Å²) in [5, 5.41) is 0. The van der Waals surface area contributed by atoms with Gasteiger partial charge in [0.25, 0.3) is 0 Å². The van der Waals surface area contributed by atoms with Crippen LogP contribution < -0.4 is 4.74 Å². The molecule has 2 heteroatoms. The van der Waals surface area contributed by atoms with Gasteiger partial charge >= 0.3 is 0 Å². The molecule has 1 atom stereocenters. The molecule has 0 aromatic heterocycles. The monoisotopic (exact) mass is 233 g/mol. The van der Waals surface area contributed by atoms with Gasteiger partial charge in [-0.2, -0.15) is 0 Å². The van der Waals surface area contributed by atoms with Gasteiger partial charge in [-0.25, -0.2) is 0 Å². The average molecular weight is 233 g/mol. The van der Waals surface area contributed by atoms with E-state index in [4.69, 9.17) is 4.74 Å². The molecule has 1 unspecified atom stereocenters. The average Bonchev–Trinajstić information content (AvgIpc) is 2.29. The molecule has 0 bridgehead atoms. The summed E-state index contributed by atoms with van der Waals surface area (Å²) in [7, 11) is 2.16. The van der Waals surface area contributed by atoms with E-state index in [1.807, 2.05) is 0 Å². The van der Waals surface area contributed by atoms with Crippen LogP contribution in [-0.2, 0) is 0 Å². The van der Waals surface area contributed by atoms with Crippen molar-refractivity contribution in [1.82, 2.24) is 4.90 Å². The lowest BCUT2D eigenvalue weighted by atomic mass is 10.0. The van der Waals surface area contributed by atoms with Gasteiger partial charge < -0.3 is 9.64 Å². The topological polar surface area (TPSA) is 12.5 Å². The van der Waals surface area contributed by atoms with Crippen LogP contribution in [0.25, 0.3) is 0 Å². The predicted molar refractivity (Wildman–Crippen MR) is 71.7 cm³/mol. The van der Waals surface area contributed by atoms with Crippen molar-refractivity contribution in [2.45, 2.75) is 38.7 Å². The van der Waals surface area contributed by atoms with Gasteiger partial charge in [-0.1, -0.05) is 26.0 Å². The molecule has 2 nitrogen and oxygen atoms in total. The Labute approximate surface area is 105 Å². The molecule has 0 spiro atoms. The largest absolute Gasteiger partial charge is 0.489 e. The standard InChI is InChI=1S/C15H23NO/c1-12(2)13-6-8-14(9-7-13)17-15-5-4-10-16(3)11-15/h6-9,12,15H,4-5,10-11H2,1-3H3. The molecule has 17 heavy (non-hydrogen) atoms. The number of nitrogens with zero attached hydrogens (tertiary/aromatic N) is 1. The van der Waals surface area contributed by atoms with Crippen LogP contribution in [0, 0.1) is 0 Å². The maximum atomic E-state index is 6.02. The van der Waals surface area contributed by atoms with E-state index in [9.17, 15) is 0 Å². The van der Waals surface area contributed by atoms with Gasteiger partial charge in [-0.05, 0) is 50.0 Å². The van der Waals surface area contributed by atoms with Crippen LogP contribution in [0.1, 0.15) is 38.2 Å². The molecule has 1 aromatic rings. The summed E-state index contributed by atoms with van der Waals surface area (Å²) < 4.78 is 6.02. The highest BCUT2D eigenvalue weighted by atomic mass is 16.5. The van der Waals surface area contributed by atoms with E-state index >= 15 is 0 Å². The first-order valence-electron chi connectivity index (χ1n) is 6.60. The zero-order valence-corrected chi connectivity index (χ0v) is 11.1. The van der Waals surface area contributed by atoms with Gasteiger partial charge in [0.05, 0.1) is 0 Å². The molecule has 1 aliphatic rings. The van der Waals surface area contributed by atoms with Gasteiger partial charge in [0.2, 0.25) is 0 Å². The zero-order chi connectivity index (χ0) is 12.3. The summed E-state index contributed by atoms with van der Waals surface area (Å²) in [6, 6.07) is 8.55. The lowest BCUT2D eigenvalue weighted by Gasteiger charge is -2.30. The van der Waals surface area contributed by atoms with E-state index in [1.165, 1.54) is 24.9 Å². The van der Waals surface area contributed by atoms with Crippen molar-refractivity contribution in [3.8, 4) is 5.75 Å². The van der Waals surface area contributed by atoms with Crippen LogP contribution >= 0.6 is 0 Å². The Morgan fingerprint density at radius 1 is 1.24 bits per heavy atom. The second-order valence-corrected chi connectivity index (χ2v) is 5.37. The fourth-order valence-electron chi connectivity index (χ4n) is 2.34. The van der Waals surface area contributed by atoms with Crippen molar-refractivity contribution in [3.63, 3.8) is 0 Å². The summed E-state index contributed by atoms with van der Waals surface area (Å²) in [5.41, 5.74) is 1.37. The second kappa shape index (κ2) is 5.54. The fraction of sp³-hybridized carbons (Fsp3) is 0.600. The van der Waals surface area contributed by atoms with Crippen molar-refractivity contribution in [2.24, 2.45) is 0 Å². The molecular weight excluding hydrogens is 210 g/mol. The van der Waals surface area contributed by atoms with E-state index in [0.717, 1.165) is 12.3 Å². The summed E-state index contributed by atoms with van der Waals surface area (Å²) in [6.45, 7) is 6.68. The molecule has 1 aliphatic heterocycles. The predicted octanol–water partition coefficient (Wildman–Crippen LogP) is 3.28. The highest BCUT2D eigenvalue weighted by Crippen LogP contribution is 2.21. The Bertz CT molecular complexity index is 344. The van der Waals surface area contributed by atoms with Crippen LogP contribution in [0.4, 0.5) is 0 Å². The number of hydrogen-bond donors (Lipinski definition) is 0. The van der Waals surface area contributed by atoms with Gasteiger partial charge in [-0.3, -0.25) is 0 Å². The minimum absolute atomic E-state index is 0.360. The Balaban J connectivity index is 1.94. The maximum Gasteiger partial charge on any atom is 0.119 e. The van der Waals surface area contributed by atoms with Crippen LogP contribution in [0.15, 0.2) is 24.3 Å². The second-order valence-electron chi connectivity index (χ2n) is 5.37. The number of hydrogen-bond acceptors (Lipinski definition) is 2. The Morgan fingerprint density at radius 2 is 1.94 bits per heavy atom. The van der Waals surface area contributed by atoms with Crippen molar-refractivity contribution >= 4 is 0 Å². The Morgan fingerprint density at radius 3 is 2.53 bits per heavy atom. The number of ether oxygens (including phenoxy) is 1. The number of piperidine rings is 1. The molecule has 0 saturated carbocycles. The Hall–Kier alpha value is -1.02. The van der Waals surface area contributed by atoms with Crippen molar-refractivity contribution in [1.29, 1.82) is 0 Å². The highest BCUT2D eigenvalue weighted by molar-refractivity contribution is 5.29. The summed E-state index contributed by atoms with van der Waals surface area (Å²) in [6.07, 6.45) is 2.78. The Kier molecular flexibility index (Phi) is 4.06. The van der Waals surface area contributed by atoms with E-state index in [0.29, 0.717) is 12.0 Å². The minimum atomic E-state index is 0.360. The third-order valence-electron chi connectivity index (χ3n) is 3.43. The van der Waals surface area contributed by atoms with Crippen LogP contribution in [0.3, 0.4) is 0 Å². The van der Waals surface area contributed by atoms with Crippen LogP contribution in [0.5, 0.6) is 5.75 Å². The smallest absolute Gasteiger partial charge is 0.119 e. The molecule has 0 radical (unpaired) electrons. The molecule has 0 aliphatic carbocycles. The van der Waals surface area contributed by atoms with Crippen LogP contribution in [-0.4, -0.2) is 31.1 Å². The van der Waals surface area contributed by atoms with Gasteiger partial charge in [0.1, 0.15) is 11.9 Å². The molecular formula is C15H23NO. The molecule has 1 heterocycles. The van der Waals surface area contributed by atoms with Crippen molar-refractivity contribution in [2.75, 3.05) is 20.1 Å². The SMILES string of the molecule is CC(C)c1ccc(OC2CCCN(C)C2)cc1. The van der Waals surface area contributed by atoms with Gasteiger partial charge in [-0.15, -0.1) is 0 Å². The number of likely N-dealkylation sites (tertiary alicyclic amines) is 1.